The standard InChI is InChI=1S/C36H45Cl2N5O3S/c1-22(2)29-30(33(46)42-23(3)7-16-28(42)32(45)40-17-18-41(19-20-44)35(4,5)21-40)47-34-39-36(6,25-10-14-27(38)15-11-25)31(43(29)34)24-8-12-26(37)13-9-24/h8-15,22-23,28,31,44H,7,16-21H2,1-6H3/t23-,28-,31-,36+/m1/s1. The van der Waals surface area contributed by atoms with Crippen molar-refractivity contribution < 1.29 is 14.7 Å². The number of aliphatic hydroxyl groups excluding tert-OH is 1. The third kappa shape index (κ3) is 6.12. The number of halogens is 2. The van der Waals surface area contributed by atoms with E-state index in [0.29, 0.717) is 47.6 Å². The normalized spacial score (nSPS) is 27.6. The topological polar surface area (TPSA) is 79.7 Å². The van der Waals surface area contributed by atoms with Gasteiger partial charge in [-0.15, -0.1) is 0 Å². The van der Waals surface area contributed by atoms with Crippen molar-refractivity contribution in [2.24, 2.45) is 10.9 Å². The van der Waals surface area contributed by atoms with Gasteiger partial charge in [0.25, 0.3) is 5.91 Å². The molecule has 0 radical (unpaired) electrons. The lowest BCUT2D eigenvalue weighted by molar-refractivity contribution is -0.146. The minimum absolute atomic E-state index is 0.0151. The first-order chi connectivity index (χ1) is 22.3. The van der Waals surface area contributed by atoms with Crippen LogP contribution in [0.5, 0.6) is 0 Å². The van der Waals surface area contributed by atoms with Crippen LogP contribution in [0.4, 0.5) is 0 Å². The molecular formula is C36H45Cl2N5O3S. The van der Waals surface area contributed by atoms with E-state index in [9.17, 15) is 14.7 Å². The molecule has 4 heterocycles. The average Bonchev–Trinajstić information content (AvgIpc) is 3.67. The summed E-state index contributed by atoms with van der Waals surface area (Å²) in [7, 11) is 0. The van der Waals surface area contributed by atoms with Gasteiger partial charge in [0.1, 0.15) is 16.5 Å². The third-order valence-corrected chi connectivity index (χ3v) is 11.9. The van der Waals surface area contributed by atoms with Gasteiger partial charge >= 0.3 is 0 Å². The molecule has 2 amide bonds. The summed E-state index contributed by atoms with van der Waals surface area (Å²) in [6, 6.07) is 14.9. The second kappa shape index (κ2) is 13.0. The van der Waals surface area contributed by atoms with E-state index in [-0.39, 0.29) is 42.0 Å². The average molecular weight is 699 g/mol. The van der Waals surface area contributed by atoms with E-state index < -0.39 is 11.6 Å². The van der Waals surface area contributed by atoms with Crippen molar-refractivity contribution >= 4 is 51.9 Å². The number of hydrogen-bond acceptors (Lipinski definition) is 7. The zero-order chi connectivity index (χ0) is 33.8. The Hall–Kier alpha value is -2.56. The number of carbonyl (C=O) groups is 2. The molecule has 0 aromatic heterocycles. The third-order valence-electron chi connectivity index (χ3n) is 10.3. The molecule has 47 heavy (non-hydrogen) atoms. The molecular weight excluding hydrogens is 653 g/mol. The van der Waals surface area contributed by atoms with Gasteiger partial charge in [-0.25, -0.2) is 4.99 Å². The van der Waals surface area contributed by atoms with Crippen molar-refractivity contribution in [3.63, 3.8) is 0 Å². The maximum absolute atomic E-state index is 14.7. The largest absolute Gasteiger partial charge is 0.395 e. The number of allylic oxidation sites excluding steroid dienone is 1. The van der Waals surface area contributed by atoms with Gasteiger partial charge in [0.2, 0.25) is 5.91 Å². The van der Waals surface area contributed by atoms with Crippen LogP contribution in [0.25, 0.3) is 0 Å². The van der Waals surface area contributed by atoms with E-state index in [1.807, 2.05) is 58.3 Å². The highest BCUT2D eigenvalue weighted by molar-refractivity contribution is 8.18. The minimum Gasteiger partial charge on any atom is -0.395 e. The molecule has 11 heteroatoms. The van der Waals surface area contributed by atoms with E-state index in [4.69, 9.17) is 28.2 Å². The van der Waals surface area contributed by atoms with Crippen molar-refractivity contribution in [2.45, 2.75) is 83.6 Å². The number of amides is 2. The minimum atomic E-state index is -0.653. The summed E-state index contributed by atoms with van der Waals surface area (Å²) < 4.78 is 0. The molecule has 4 aliphatic heterocycles. The zero-order valence-corrected chi connectivity index (χ0v) is 30.4. The molecule has 2 fully saturated rings. The molecule has 2 aromatic rings. The lowest BCUT2D eigenvalue weighted by Gasteiger charge is -2.48. The number of aliphatic imine (C=N–C) groups is 1. The lowest BCUT2D eigenvalue weighted by atomic mass is 9.81. The first kappa shape index (κ1) is 34.3. The van der Waals surface area contributed by atoms with E-state index in [0.717, 1.165) is 28.4 Å². The van der Waals surface area contributed by atoms with Crippen LogP contribution in [-0.2, 0) is 15.1 Å². The highest BCUT2D eigenvalue weighted by Gasteiger charge is 2.54. The number of benzene rings is 2. The van der Waals surface area contributed by atoms with Crippen molar-refractivity contribution in [2.75, 3.05) is 32.8 Å². The van der Waals surface area contributed by atoms with Gasteiger partial charge in [0.15, 0.2) is 5.17 Å². The SMILES string of the molecule is CC(C)C1=C(C(=O)N2[C@H](C)CC[C@@H]2C(=O)N2CCN(CCO)C(C)(C)C2)SC2=N[C@@](C)(c3ccc(Cl)cc3)[C@@H](c3ccc(Cl)cc3)N21. The van der Waals surface area contributed by atoms with Gasteiger partial charge in [-0.1, -0.05) is 61.3 Å². The van der Waals surface area contributed by atoms with Gasteiger partial charge in [-0.2, -0.15) is 0 Å². The van der Waals surface area contributed by atoms with Crippen LogP contribution < -0.4 is 0 Å². The Morgan fingerprint density at radius 1 is 1.00 bits per heavy atom. The molecule has 0 saturated carbocycles. The molecule has 0 bridgehead atoms. The highest BCUT2D eigenvalue weighted by atomic mass is 35.5. The first-order valence-corrected chi connectivity index (χ1v) is 18.1. The maximum atomic E-state index is 14.7. The monoisotopic (exact) mass is 697 g/mol. The summed E-state index contributed by atoms with van der Waals surface area (Å²) in [5.41, 5.74) is 2.09. The summed E-state index contributed by atoms with van der Waals surface area (Å²) in [6.45, 7) is 15.2. The highest BCUT2D eigenvalue weighted by Crippen LogP contribution is 2.56. The molecule has 4 atom stereocenters. The maximum Gasteiger partial charge on any atom is 0.263 e. The van der Waals surface area contributed by atoms with Crippen LogP contribution in [0, 0.1) is 5.92 Å². The number of aliphatic hydroxyl groups is 1. The first-order valence-electron chi connectivity index (χ1n) is 16.6. The van der Waals surface area contributed by atoms with Crippen molar-refractivity contribution in [3.05, 3.63) is 80.3 Å². The smallest absolute Gasteiger partial charge is 0.263 e. The molecule has 0 spiro atoms. The van der Waals surface area contributed by atoms with Crippen LogP contribution in [0.3, 0.4) is 0 Å². The Bertz CT molecular complexity index is 1590. The summed E-state index contributed by atoms with van der Waals surface area (Å²) in [6.07, 6.45) is 1.42. The number of likely N-dealkylation sites (tertiary alicyclic amines) is 1. The summed E-state index contributed by atoms with van der Waals surface area (Å²) >= 11 is 14.0. The van der Waals surface area contributed by atoms with Crippen LogP contribution in [0.2, 0.25) is 10.0 Å². The van der Waals surface area contributed by atoms with Crippen LogP contribution in [0.1, 0.15) is 71.6 Å². The second-order valence-electron chi connectivity index (χ2n) is 14.3. The second-order valence-corrected chi connectivity index (χ2v) is 16.1. The molecule has 2 saturated heterocycles. The Kier molecular flexibility index (Phi) is 9.52. The van der Waals surface area contributed by atoms with Gasteiger partial charge in [-0.3, -0.25) is 14.5 Å². The lowest BCUT2D eigenvalue weighted by Crippen LogP contribution is -2.63. The zero-order valence-electron chi connectivity index (χ0n) is 28.0. The van der Waals surface area contributed by atoms with Crippen LogP contribution in [-0.4, -0.2) is 92.1 Å². The summed E-state index contributed by atoms with van der Waals surface area (Å²) in [5, 5.41) is 11.6. The molecule has 8 nitrogen and oxygen atoms in total. The fraction of sp³-hybridized carbons (Fsp3) is 0.528. The molecule has 4 aliphatic rings. The van der Waals surface area contributed by atoms with E-state index in [1.165, 1.54) is 11.8 Å². The van der Waals surface area contributed by atoms with Gasteiger partial charge < -0.3 is 19.8 Å². The van der Waals surface area contributed by atoms with Gasteiger partial charge in [0, 0.05) is 53.5 Å². The number of rotatable bonds is 7. The quantitative estimate of drug-likeness (QED) is 0.355. The predicted octanol–water partition coefficient (Wildman–Crippen LogP) is 6.53. The predicted molar refractivity (Wildman–Crippen MR) is 190 cm³/mol. The molecule has 1 N–H and O–H groups in total. The van der Waals surface area contributed by atoms with E-state index >= 15 is 0 Å². The van der Waals surface area contributed by atoms with Crippen molar-refractivity contribution in [1.29, 1.82) is 0 Å². The molecule has 2 aromatic carbocycles. The summed E-state index contributed by atoms with van der Waals surface area (Å²) in [4.78, 5) is 43.2. The van der Waals surface area contributed by atoms with Gasteiger partial charge in [0.05, 0.1) is 12.6 Å². The number of thioether (sulfide) groups is 1. The van der Waals surface area contributed by atoms with Crippen LogP contribution >= 0.6 is 35.0 Å². The van der Waals surface area contributed by atoms with Gasteiger partial charge in [-0.05, 0) is 93.6 Å². The summed E-state index contributed by atoms with van der Waals surface area (Å²) in [5.74, 6) is -0.0642. The van der Waals surface area contributed by atoms with E-state index in [2.05, 4.69) is 51.3 Å². The molecule has 0 unspecified atom stereocenters. The molecule has 0 aliphatic carbocycles. The number of piperazine rings is 1. The molecule has 6 rings (SSSR count). The van der Waals surface area contributed by atoms with Crippen molar-refractivity contribution in [3.8, 4) is 0 Å². The Balaban J connectivity index is 1.35. The van der Waals surface area contributed by atoms with Crippen LogP contribution in [0.15, 0.2) is 64.1 Å². The molecule has 252 valence electrons. The number of hydrogen-bond donors (Lipinski definition) is 1. The Morgan fingerprint density at radius 3 is 2.23 bits per heavy atom. The number of carbonyl (C=O) groups excluding carboxylic acids is 2. The fourth-order valence-corrected chi connectivity index (χ4v) is 9.48. The Labute approximate surface area is 292 Å². The van der Waals surface area contributed by atoms with E-state index in [1.54, 1.807) is 0 Å². The number of fused-ring (bicyclic) bond motifs is 1. The number of amidine groups is 1. The Morgan fingerprint density at radius 2 is 1.64 bits per heavy atom. The number of nitrogens with zero attached hydrogens (tertiary/aromatic N) is 5. The number of β-amino-alcohol motifs (C(OH)–C–C–N with tert-alkyl or cyclic N) is 1. The fourth-order valence-electron chi connectivity index (χ4n) is 7.87. The van der Waals surface area contributed by atoms with Crippen molar-refractivity contribution in [1.82, 2.24) is 19.6 Å².